The average Bonchev–Trinajstić information content (AvgIpc) is 2.97. The second-order valence-electron chi connectivity index (χ2n) is 9.59. The third-order valence-electron chi connectivity index (χ3n) is 6.73. The van der Waals surface area contributed by atoms with E-state index in [2.05, 4.69) is 0 Å². The Kier molecular flexibility index (Phi) is 9.88. The van der Waals surface area contributed by atoms with E-state index in [0.717, 1.165) is 16.7 Å². The summed E-state index contributed by atoms with van der Waals surface area (Å²) < 4.78 is 35.2. The second kappa shape index (κ2) is 13.5. The number of hydrogen-bond donors (Lipinski definition) is 0. The predicted octanol–water partition coefficient (Wildman–Crippen LogP) is 4.16. The molecule has 0 unspecified atom stereocenters. The summed E-state index contributed by atoms with van der Waals surface area (Å²) >= 11 is 0. The minimum absolute atomic E-state index is 0.124. The molecule has 1 aliphatic heterocycles. The van der Waals surface area contributed by atoms with Crippen LogP contribution in [0.5, 0.6) is 0 Å². The van der Waals surface area contributed by atoms with E-state index in [-0.39, 0.29) is 6.61 Å². The van der Waals surface area contributed by atoms with Gasteiger partial charge in [-0.3, -0.25) is 14.4 Å². The van der Waals surface area contributed by atoms with Gasteiger partial charge in [0.05, 0.1) is 6.61 Å². The highest BCUT2D eigenvalue weighted by Gasteiger charge is 2.53. The third kappa shape index (κ3) is 6.82. The molecule has 0 aromatic heterocycles. The first-order valence-electron chi connectivity index (χ1n) is 13.3. The summed E-state index contributed by atoms with van der Waals surface area (Å²) in [5.41, 5.74) is 1.47. The highest BCUT2D eigenvalue weighted by Crippen LogP contribution is 2.41. The lowest BCUT2D eigenvalue weighted by atomic mass is 9.80. The normalized spacial score (nSPS) is 22.4. The average molecular weight is 563 g/mol. The van der Waals surface area contributed by atoms with Crippen LogP contribution in [0.2, 0.25) is 0 Å². The summed E-state index contributed by atoms with van der Waals surface area (Å²) in [6, 6.07) is 29.2. The molecule has 0 saturated carbocycles. The lowest BCUT2D eigenvalue weighted by Crippen LogP contribution is -2.63. The molecular formula is C32H34O9. The maximum atomic E-state index is 12.2. The van der Waals surface area contributed by atoms with Crippen LogP contribution in [0.1, 0.15) is 37.5 Å². The van der Waals surface area contributed by atoms with Crippen LogP contribution in [0, 0.1) is 0 Å². The summed E-state index contributed by atoms with van der Waals surface area (Å²) in [4.78, 5) is 36.3. The fourth-order valence-electron chi connectivity index (χ4n) is 5.15. The Balaban J connectivity index is 1.80. The predicted molar refractivity (Wildman–Crippen MR) is 147 cm³/mol. The van der Waals surface area contributed by atoms with Gasteiger partial charge in [-0.05, 0) is 16.7 Å². The maximum absolute atomic E-state index is 12.2. The molecule has 1 aliphatic rings. The Morgan fingerprint density at radius 3 is 1.41 bits per heavy atom. The van der Waals surface area contributed by atoms with Crippen LogP contribution in [0.4, 0.5) is 0 Å². The molecule has 216 valence electrons. The van der Waals surface area contributed by atoms with Crippen LogP contribution in [-0.4, -0.2) is 62.3 Å². The number of methoxy groups -OCH3 is 1. The second-order valence-corrected chi connectivity index (χ2v) is 9.59. The molecule has 0 radical (unpaired) electrons. The molecule has 5 atom stereocenters. The fourth-order valence-corrected chi connectivity index (χ4v) is 5.15. The third-order valence-corrected chi connectivity index (χ3v) is 6.73. The van der Waals surface area contributed by atoms with Crippen molar-refractivity contribution in [3.8, 4) is 0 Å². The number of esters is 3. The van der Waals surface area contributed by atoms with Crippen LogP contribution in [-0.2, 0) is 48.4 Å². The largest absolute Gasteiger partial charge is 0.456 e. The molecule has 9 nitrogen and oxygen atoms in total. The van der Waals surface area contributed by atoms with Gasteiger partial charge in [-0.2, -0.15) is 0 Å². The van der Waals surface area contributed by atoms with E-state index in [4.69, 9.17) is 28.4 Å². The molecule has 9 heteroatoms. The van der Waals surface area contributed by atoms with Crippen molar-refractivity contribution in [1.29, 1.82) is 0 Å². The van der Waals surface area contributed by atoms with E-state index in [9.17, 15) is 14.4 Å². The molecule has 1 heterocycles. The van der Waals surface area contributed by atoms with E-state index < -0.39 is 54.2 Å². The van der Waals surface area contributed by atoms with E-state index >= 15 is 0 Å². The van der Waals surface area contributed by atoms with E-state index in [0.29, 0.717) is 0 Å². The topological polar surface area (TPSA) is 107 Å². The molecular weight excluding hydrogens is 528 g/mol. The quantitative estimate of drug-likeness (QED) is 0.205. The number of carbonyl (C=O) groups is 3. The summed E-state index contributed by atoms with van der Waals surface area (Å²) in [6.45, 7) is 3.53. The summed E-state index contributed by atoms with van der Waals surface area (Å²) in [6.07, 6.45) is -5.69. The smallest absolute Gasteiger partial charge is 0.303 e. The molecule has 1 saturated heterocycles. The van der Waals surface area contributed by atoms with E-state index in [1.165, 1.54) is 27.9 Å². The van der Waals surface area contributed by atoms with Crippen molar-refractivity contribution in [3.05, 3.63) is 108 Å². The van der Waals surface area contributed by atoms with Crippen LogP contribution in [0.3, 0.4) is 0 Å². The summed E-state index contributed by atoms with van der Waals surface area (Å²) in [7, 11) is 1.37. The van der Waals surface area contributed by atoms with Gasteiger partial charge < -0.3 is 28.4 Å². The zero-order chi connectivity index (χ0) is 29.4. The van der Waals surface area contributed by atoms with E-state index in [1.54, 1.807) is 0 Å². The molecule has 0 N–H and O–H groups in total. The van der Waals surface area contributed by atoms with Crippen molar-refractivity contribution in [3.63, 3.8) is 0 Å². The minimum Gasteiger partial charge on any atom is -0.456 e. The van der Waals surface area contributed by atoms with Gasteiger partial charge in [0, 0.05) is 27.9 Å². The Morgan fingerprint density at radius 2 is 1.02 bits per heavy atom. The van der Waals surface area contributed by atoms with Crippen LogP contribution >= 0.6 is 0 Å². The highest BCUT2D eigenvalue weighted by molar-refractivity contribution is 5.68. The van der Waals surface area contributed by atoms with Crippen molar-refractivity contribution in [2.75, 3.05) is 13.7 Å². The molecule has 41 heavy (non-hydrogen) atoms. The molecule has 0 bridgehead atoms. The Morgan fingerprint density at radius 1 is 0.634 bits per heavy atom. The van der Waals surface area contributed by atoms with Crippen molar-refractivity contribution in [1.82, 2.24) is 0 Å². The lowest BCUT2D eigenvalue weighted by Gasteiger charge is -2.45. The number of ether oxygens (including phenoxy) is 6. The van der Waals surface area contributed by atoms with Crippen LogP contribution in [0.25, 0.3) is 0 Å². The van der Waals surface area contributed by atoms with Gasteiger partial charge in [0.2, 0.25) is 0 Å². The minimum atomic E-state index is -1.22. The molecule has 3 aromatic rings. The Hall–Kier alpha value is -4.05. The molecule has 0 spiro atoms. The first-order valence-corrected chi connectivity index (χ1v) is 13.3. The monoisotopic (exact) mass is 562 g/mol. The first-order chi connectivity index (χ1) is 19.8. The summed E-state index contributed by atoms with van der Waals surface area (Å²) in [5, 5.41) is 0. The number of carbonyl (C=O) groups excluding carboxylic acids is 3. The SMILES string of the molecule is CO[C@H]1O[C@@H](COC(c2ccccc2)(c2ccccc2)c2ccccc2)[C@H](OC(C)=O)[C@@H](OC(C)=O)[C@H]1OC(C)=O. The van der Waals surface area contributed by atoms with Crippen molar-refractivity contribution < 1.29 is 42.8 Å². The van der Waals surface area contributed by atoms with Gasteiger partial charge in [-0.25, -0.2) is 0 Å². The number of rotatable bonds is 10. The maximum Gasteiger partial charge on any atom is 0.303 e. The summed E-state index contributed by atoms with van der Waals surface area (Å²) in [5.74, 6) is -1.95. The van der Waals surface area contributed by atoms with Gasteiger partial charge in [-0.15, -0.1) is 0 Å². The Labute approximate surface area is 239 Å². The number of benzene rings is 3. The van der Waals surface area contributed by atoms with Crippen LogP contribution in [0.15, 0.2) is 91.0 Å². The highest BCUT2D eigenvalue weighted by atomic mass is 16.7. The van der Waals surface area contributed by atoms with Gasteiger partial charge >= 0.3 is 17.9 Å². The molecule has 4 rings (SSSR count). The molecule has 3 aromatic carbocycles. The van der Waals surface area contributed by atoms with Crippen molar-refractivity contribution in [2.45, 2.75) is 57.1 Å². The fraction of sp³-hybridized carbons (Fsp3) is 0.344. The number of hydrogen-bond acceptors (Lipinski definition) is 9. The zero-order valence-electron chi connectivity index (χ0n) is 23.4. The standard InChI is InChI=1S/C32H34O9/c1-21(33)38-28-27(41-31(36-4)30(40-23(3)35)29(28)39-22(2)34)20-37-32(24-14-8-5-9-15-24,25-16-10-6-11-17-25)26-18-12-7-13-19-26/h5-19,27-31H,20H2,1-4H3/t27-,28-,29+,30+,31-/m0/s1. The van der Waals surface area contributed by atoms with Gasteiger partial charge in [0.1, 0.15) is 11.7 Å². The van der Waals surface area contributed by atoms with Crippen molar-refractivity contribution >= 4 is 17.9 Å². The van der Waals surface area contributed by atoms with Crippen LogP contribution < -0.4 is 0 Å². The van der Waals surface area contributed by atoms with Crippen molar-refractivity contribution in [2.24, 2.45) is 0 Å². The van der Waals surface area contributed by atoms with Gasteiger partial charge in [0.25, 0.3) is 0 Å². The first kappa shape index (κ1) is 29.9. The van der Waals surface area contributed by atoms with Gasteiger partial charge in [-0.1, -0.05) is 91.0 Å². The Bertz CT molecular complexity index is 1200. The van der Waals surface area contributed by atoms with E-state index in [1.807, 2.05) is 91.0 Å². The molecule has 0 aliphatic carbocycles. The lowest BCUT2D eigenvalue weighted by molar-refractivity contribution is -0.306. The molecule has 1 fully saturated rings. The zero-order valence-corrected chi connectivity index (χ0v) is 23.4. The molecule has 0 amide bonds. The van der Waals surface area contributed by atoms with Gasteiger partial charge in [0.15, 0.2) is 24.6 Å².